The van der Waals surface area contributed by atoms with Crippen molar-refractivity contribution < 1.29 is 10.2 Å². The van der Waals surface area contributed by atoms with Crippen LogP contribution in [0.15, 0.2) is 23.8 Å². The maximum absolute atomic E-state index is 10.3. The van der Waals surface area contributed by atoms with E-state index >= 15 is 0 Å². The summed E-state index contributed by atoms with van der Waals surface area (Å²) in [6.07, 6.45) is 13.3. The summed E-state index contributed by atoms with van der Waals surface area (Å²) in [4.78, 5) is 0. The molecule has 2 nitrogen and oxygen atoms in total. The zero-order valence-corrected chi connectivity index (χ0v) is 14.8. The van der Waals surface area contributed by atoms with Gasteiger partial charge in [0.05, 0.1) is 11.7 Å². The average Bonchev–Trinajstić information content (AvgIpc) is 2.85. The Hall–Kier alpha value is -0.600. The Bertz CT molecular complexity index is 433. The molecule has 4 atom stereocenters. The SMILES string of the molecule is CCC(O)(C=CC[C@H](C)C1=CCC2[C@@H](O)CCC[C@]12C)CC. The van der Waals surface area contributed by atoms with E-state index in [9.17, 15) is 10.2 Å². The molecule has 1 saturated carbocycles. The highest BCUT2D eigenvalue weighted by Crippen LogP contribution is 2.55. The number of rotatable bonds is 6. The number of allylic oxidation sites excluding steroid dienone is 3. The van der Waals surface area contributed by atoms with Gasteiger partial charge in [-0.15, -0.1) is 0 Å². The topological polar surface area (TPSA) is 40.5 Å². The van der Waals surface area contributed by atoms with E-state index in [-0.39, 0.29) is 11.5 Å². The Morgan fingerprint density at radius 2 is 2.09 bits per heavy atom. The van der Waals surface area contributed by atoms with Crippen LogP contribution in [-0.4, -0.2) is 21.9 Å². The molecule has 2 N–H and O–H groups in total. The van der Waals surface area contributed by atoms with E-state index in [4.69, 9.17) is 0 Å². The second-order valence-corrected chi connectivity index (χ2v) is 7.73. The van der Waals surface area contributed by atoms with Crippen LogP contribution >= 0.6 is 0 Å². The Labute approximate surface area is 136 Å². The van der Waals surface area contributed by atoms with Crippen molar-refractivity contribution in [2.75, 3.05) is 0 Å². The zero-order valence-electron chi connectivity index (χ0n) is 14.8. The van der Waals surface area contributed by atoms with Crippen LogP contribution in [0.4, 0.5) is 0 Å². The van der Waals surface area contributed by atoms with Crippen molar-refractivity contribution in [3.8, 4) is 0 Å². The summed E-state index contributed by atoms with van der Waals surface area (Å²) in [5.41, 5.74) is 1.09. The fourth-order valence-electron chi connectivity index (χ4n) is 4.62. The van der Waals surface area contributed by atoms with E-state index in [1.54, 1.807) is 0 Å². The van der Waals surface area contributed by atoms with E-state index in [2.05, 4.69) is 26.0 Å². The van der Waals surface area contributed by atoms with Gasteiger partial charge in [-0.2, -0.15) is 0 Å². The van der Waals surface area contributed by atoms with Crippen LogP contribution in [0.2, 0.25) is 0 Å². The summed E-state index contributed by atoms with van der Waals surface area (Å²) in [5.74, 6) is 0.917. The molecule has 0 bridgehead atoms. The van der Waals surface area contributed by atoms with Gasteiger partial charge in [0.2, 0.25) is 0 Å². The summed E-state index contributed by atoms with van der Waals surface area (Å²) in [6.45, 7) is 8.72. The Kier molecular flexibility index (Phi) is 5.55. The smallest absolute Gasteiger partial charge is 0.0822 e. The lowest BCUT2D eigenvalue weighted by atomic mass is 9.63. The van der Waals surface area contributed by atoms with Crippen LogP contribution in [0, 0.1) is 17.3 Å². The van der Waals surface area contributed by atoms with Gasteiger partial charge >= 0.3 is 0 Å². The quantitative estimate of drug-likeness (QED) is 0.703. The lowest BCUT2D eigenvalue weighted by Crippen LogP contribution is -2.39. The molecule has 126 valence electrons. The molecule has 2 aliphatic carbocycles. The van der Waals surface area contributed by atoms with Crippen molar-refractivity contribution in [2.24, 2.45) is 17.3 Å². The minimum Gasteiger partial charge on any atom is -0.393 e. The van der Waals surface area contributed by atoms with Crippen LogP contribution in [-0.2, 0) is 0 Å². The maximum Gasteiger partial charge on any atom is 0.0822 e. The maximum atomic E-state index is 10.3. The molecular formula is C20H34O2. The zero-order chi connectivity index (χ0) is 16.4. The highest BCUT2D eigenvalue weighted by Gasteiger charge is 2.47. The van der Waals surface area contributed by atoms with E-state index < -0.39 is 5.60 Å². The molecule has 0 saturated heterocycles. The van der Waals surface area contributed by atoms with Crippen molar-refractivity contribution in [1.29, 1.82) is 0 Å². The molecule has 0 aromatic rings. The summed E-state index contributed by atoms with van der Waals surface area (Å²) in [6, 6.07) is 0. The molecule has 0 aromatic carbocycles. The van der Waals surface area contributed by atoms with Gasteiger partial charge < -0.3 is 10.2 Å². The number of fused-ring (bicyclic) bond motifs is 1. The molecule has 0 spiro atoms. The molecule has 2 rings (SSSR count). The van der Waals surface area contributed by atoms with Gasteiger partial charge in [0.1, 0.15) is 0 Å². The number of hydrogen-bond donors (Lipinski definition) is 2. The van der Waals surface area contributed by atoms with Crippen LogP contribution < -0.4 is 0 Å². The highest BCUT2D eigenvalue weighted by molar-refractivity contribution is 5.26. The molecule has 2 heteroatoms. The minimum atomic E-state index is -0.642. The summed E-state index contributed by atoms with van der Waals surface area (Å²) in [5, 5.41) is 20.7. The molecule has 1 unspecified atom stereocenters. The minimum absolute atomic E-state index is 0.125. The summed E-state index contributed by atoms with van der Waals surface area (Å²) < 4.78 is 0. The third kappa shape index (κ3) is 3.33. The fourth-order valence-corrected chi connectivity index (χ4v) is 4.62. The average molecular weight is 306 g/mol. The van der Waals surface area contributed by atoms with Crippen LogP contribution in [0.3, 0.4) is 0 Å². The number of aliphatic hydroxyl groups is 2. The molecular weight excluding hydrogens is 272 g/mol. The van der Waals surface area contributed by atoms with E-state index in [1.807, 2.05) is 19.9 Å². The molecule has 22 heavy (non-hydrogen) atoms. The van der Waals surface area contributed by atoms with Crippen LogP contribution in [0.5, 0.6) is 0 Å². The molecule has 0 aromatic heterocycles. The van der Waals surface area contributed by atoms with Crippen molar-refractivity contribution in [1.82, 2.24) is 0 Å². The Morgan fingerprint density at radius 1 is 1.41 bits per heavy atom. The number of aliphatic hydroxyl groups excluding tert-OH is 1. The van der Waals surface area contributed by atoms with Gasteiger partial charge in [0, 0.05) is 0 Å². The van der Waals surface area contributed by atoms with Crippen LogP contribution in [0.1, 0.15) is 72.6 Å². The molecule has 0 heterocycles. The molecule has 0 radical (unpaired) electrons. The Morgan fingerprint density at radius 3 is 2.73 bits per heavy atom. The normalized spacial score (nSPS) is 33.8. The first-order valence-electron chi connectivity index (χ1n) is 9.15. The van der Waals surface area contributed by atoms with Gasteiger partial charge in [0.25, 0.3) is 0 Å². The molecule has 2 aliphatic rings. The first-order chi connectivity index (χ1) is 10.4. The molecule has 1 fully saturated rings. The molecule has 0 amide bonds. The van der Waals surface area contributed by atoms with E-state index in [0.29, 0.717) is 11.8 Å². The third-order valence-corrected chi connectivity index (χ3v) is 6.40. The second-order valence-electron chi connectivity index (χ2n) is 7.73. The predicted octanol–water partition coefficient (Wildman–Crippen LogP) is 4.62. The largest absolute Gasteiger partial charge is 0.393 e. The lowest BCUT2D eigenvalue weighted by molar-refractivity contribution is 0.00804. The molecule has 0 aliphatic heterocycles. The third-order valence-electron chi connectivity index (χ3n) is 6.40. The van der Waals surface area contributed by atoms with Gasteiger partial charge in [-0.05, 0) is 62.2 Å². The van der Waals surface area contributed by atoms with Gasteiger partial charge in [-0.1, -0.05) is 51.5 Å². The lowest BCUT2D eigenvalue weighted by Gasteiger charge is -2.43. The Balaban J connectivity index is 2.01. The van der Waals surface area contributed by atoms with E-state index in [0.717, 1.165) is 38.5 Å². The highest BCUT2D eigenvalue weighted by atomic mass is 16.3. The monoisotopic (exact) mass is 306 g/mol. The summed E-state index contributed by atoms with van der Waals surface area (Å²) >= 11 is 0. The first-order valence-corrected chi connectivity index (χ1v) is 9.15. The van der Waals surface area contributed by atoms with Gasteiger partial charge in [-0.3, -0.25) is 0 Å². The van der Waals surface area contributed by atoms with Crippen molar-refractivity contribution in [3.05, 3.63) is 23.8 Å². The van der Waals surface area contributed by atoms with Crippen LogP contribution in [0.25, 0.3) is 0 Å². The van der Waals surface area contributed by atoms with Crippen molar-refractivity contribution in [3.63, 3.8) is 0 Å². The first kappa shape index (κ1) is 17.7. The predicted molar refractivity (Wildman–Crippen MR) is 92.6 cm³/mol. The van der Waals surface area contributed by atoms with Gasteiger partial charge in [-0.25, -0.2) is 0 Å². The summed E-state index contributed by atoms with van der Waals surface area (Å²) in [7, 11) is 0. The fraction of sp³-hybridized carbons (Fsp3) is 0.800. The number of hydrogen-bond acceptors (Lipinski definition) is 2. The van der Waals surface area contributed by atoms with Crippen molar-refractivity contribution in [2.45, 2.75) is 84.3 Å². The van der Waals surface area contributed by atoms with Crippen molar-refractivity contribution >= 4 is 0 Å². The van der Waals surface area contributed by atoms with Gasteiger partial charge in [0.15, 0.2) is 0 Å². The standard InChI is InChI=1S/C20H34O2/c1-5-20(22,6-2)14-7-9-15(3)16-11-12-17-18(21)10-8-13-19(16,17)4/h7,11,14-15,17-18,21-22H,5-6,8-10,12-13H2,1-4H3/t15-,17?,18-,19+/m0/s1. The van der Waals surface area contributed by atoms with E-state index in [1.165, 1.54) is 12.0 Å². The second kappa shape index (κ2) is 6.88.